The number of rotatable bonds is 7. The molecule has 0 saturated carbocycles. The Balaban J connectivity index is 1.33. The predicted molar refractivity (Wildman–Crippen MR) is 150 cm³/mol. The first-order valence-electron chi connectivity index (χ1n) is 12.2. The third kappa shape index (κ3) is 5.57. The van der Waals surface area contributed by atoms with E-state index in [9.17, 15) is 9.59 Å². The highest BCUT2D eigenvalue weighted by atomic mass is 32.2. The van der Waals surface area contributed by atoms with Crippen molar-refractivity contribution in [1.82, 2.24) is 5.01 Å². The van der Waals surface area contributed by atoms with Crippen LogP contribution in [0.4, 0.5) is 5.69 Å². The van der Waals surface area contributed by atoms with Gasteiger partial charge in [-0.3, -0.25) is 9.59 Å². The molecule has 38 heavy (non-hydrogen) atoms. The number of aliphatic imine (C=N–C) groups is 1. The van der Waals surface area contributed by atoms with Crippen LogP contribution in [-0.4, -0.2) is 47.2 Å². The molecule has 3 aromatic rings. The Labute approximate surface area is 225 Å². The van der Waals surface area contributed by atoms with Gasteiger partial charge in [-0.05, 0) is 66.6 Å². The highest BCUT2D eigenvalue weighted by Gasteiger charge is 2.39. The van der Waals surface area contributed by atoms with Crippen molar-refractivity contribution < 1.29 is 19.1 Å². The number of anilines is 1. The average Bonchev–Trinajstić information content (AvgIpc) is 3.53. The van der Waals surface area contributed by atoms with Crippen LogP contribution in [-0.2, 0) is 9.59 Å². The van der Waals surface area contributed by atoms with Gasteiger partial charge in [0.2, 0.25) is 5.91 Å². The zero-order valence-corrected chi connectivity index (χ0v) is 22.2. The van der Waals surface area contributed by atoms with Gasteiger partial charge in [0.05, 0.1) is 26.0 Å². The summed E-state index contributed by atoms with van der Waals surface area (Å²) >= 11 is 1.28. The van der Waals surface area contributed by atoms with Crippen molar-refractivity contribution in [2.75, 3.05) is 19.5 Å². The second kappa shape index (κ2) is 11.1. The van der Waals surface area contributed by atoms with Crippen LogP contribution in [0.3, 0.4) is 0 Å². The summed E-state index contributed by atoms with van der Waals surface area (Å²) in [6, 6.07) is 23.0. The second-order valence-corrected chi connectivity index (χ2v) is 10.2. The van der Waals surface area contributed by atoms with E-state index in [1.807, 2.05) is 36.2 Å². The molecular weight excluding hydrogens is 500 g/mol. The molecule has 1 N–H and O–H groups in total. The fourth-order valence-corrected chi connectivity index (χ4v) is 5.41. The van der Waals surface area contributed by atoms with E-state index in [2.05, 4.69) is 34.6 Å². The zero-order valence-electron chi connectivity index (χ0n) is 21.4. The highest BCUT2D eigenvalue weighted by Crippen LogP contribution is 2.39. The molecule has 2 aliphatic heterocycles. The quantitative estimate of drug-likeness (QED) is 0.454. The van der Waals surface area contributed by atoms with Gasteiger partial charge >= 0.3 is 0 Å². The minimum atomic E-state index is -0.609. The lowest BCUT2D eigenvalue weighted by molar-refractivity contribution is -0.121. The van der Waals surface area contributed by atoms with Gasteiger partial charge in [-0.25, -0.2) is 5.01 Å². The predicted octanol–water partition coefficient (Wildman–Crippen LogP) is 5.19. The lowest BCUT2D eigenvalue weighted by Gasteiger charge is -2.23. The third-order valence-electron chi connectivity index (χ3n) is 6.47. The molecule has 0 unspecified atom stereocenters. The van der Waals surface area contributed by atoms with Gasteiger partial charge in [-0.2, -0.15) is 10.1 Å². The molecule has 0 aliphatic carbocycles. The number of hydrazone groups is 1. The number of ether oxygens (including phenoxy) is 2. The van der Waals surface area contributed by atoms with Crippen LogP contribution < -0.4 is 14.8 Å². The summed E-state index contributed by atoms with van der Waals surface area (Å²) in [5, 5.41) is 9.47. The zero-order chi connectivity index (χ0) is 26.6. The number of amidine groups is 1. The number of benzene rings is 3. The summed E-state index contributed by atoms with van der Waals surface area (Å²) < 4.78 is 10.4. The molecule has 0 aromatic heterocycles. The van der Waals surface area contributed by atoms with Crippen molar-refractivity contribution in [1.29, 1.82) is 0 Å². The Morgan fingerprint density at radius 2 is 1.61 bits per heavy atom. The number of aryl methyl sites for hydroxylation is 1. The van der Waals surface area contributed by atoms with E-state index in [0.717, 1.165) is 22.6 Å². The molecule has 194 valence electrons. The molecule has 5 rings (SSSR count). The third-order valence-corrected chi connectivity index (χ3v) is 7.61. The van der Waals surface area contributed by atoms with Crippen molar-refractivity contribution >= 4 is 40.1 Å². The standard InChI is InChI=1S/C29H28N4O4S/c1-18-4-6-20(7-5-18)25-16-24(19-8-12-22(36-2)13-9-19)32-33(25)29-31-28(35)26(38-29)17-27(34)30-21-10-14-23(37-3)15-11-21/h4-15,25-26H,16-17H2,1-3H3,(H,30,34)/t25-,26-/m1/s1. The number of nitrogens with zero attached hydrogens (tertiary/aromatic N) is 3. The fourth-order valence-electron chi connectivity index (χ4n) is 4.35. The Morgan fingerprint density at radius 3 is 2.24 bits per heavy atom. The Morgan fingerprint density at radius 1 is 0.974 bits per heavy atom. The van der Waals surface area contributed by atoms with Crippen LogP contribution in [0, 0.1) is 6.92 Å². The SMILES string of the molecule is COc1ccc(NC(=O)C[C@H]2SC(N3N=C(c4ccc(OC)cc4)C[C@@H]3c3ccc(C)cc3)=NC2=O)cc1. The molecule has 0 spiro atoms. The van der Waals surface area contributed by atoms with Gasteiger partial charge < -0.3 is 14.8 Å². The fraction of sp³-hybridized carbons (Fsp3) is 0.241. The molecule has 9 heteroatoms. The monoisotopic (exact) mass is 528 g/mol. The second-order valence-electron chi connectivity index (χ2n) is 9.07. The van der Waals surface area contributed by atoms with Crippen molar-refractivity contribution in [2.24, 2.45) is 10.1 Å². The lowest BCUT2D eigenvalue weighted by Crippen LogP contribution is -2.25. The summed E-state index contributed by atoms with van der Waals surface area (Å²) in [6.07, 6.45) is 0.673. The van der Waals surface area contributed by atoms with E-state index >= 15 is 0 Å². The molecule has 0 radical (unpaired) electrons. The number of nitrogens with one attached hydrogen (secondary N) is 1. The normalized spacial score (nSPS) is 18.7. The summed E-state index contributed by atoms with van der Waals surface area (Å²) in [4.78, 5) is 29.8. The van der Waals surface area contributed by atoms with Gasteiger partial charge in [0.1, 0.15) is 16.7 Å². The Hall–Kier alpha value is -4.11. The topological polar surface area (TPSA) is 92.6 Å². The summed E-state index contributed by atoms with van der Waals surface area (Å²) in [6.45, 7) is 2.05. The number of methoxy groups -OCH3 is 2. The smallest absolute Gasteiger partial charge is 0.262 e. The first-order valence-corrected chi connectivity index (χ1v) is 13.1. The summed E-state index contributed by atoms with van der Waals surface area (Å²) in [5.41, 5.74) is 4.77. The number of amides is 2. The first kappa shape index (κ1) is 25.5. The van der Waals surface area contributed by atoms with E-state index in [4.69, 9.17) is 14.6 Å². The number of hydrogen-bond donors (Lipinski definition) is 1. The Bertz CT molecular complexity index is 1390. The average molecular weight is 529 g/mol. The molecule has 3 aromatic carbocycles. The number of carbonyl (C=O) groups is 2. The molecule has 2 heterocycles. The molecule has 8 nitrogen and oxygen atoms in total. The summed E-state index contributed by atoms with van der Waals surface area (Å²) in [5.74, 6) is 0.893. The van der Waals surface area contributed by atoms with Crippen LogP contribution in [0.15, 0.2) is 82.9 Å². The van der Waals surface area contributed by atoms with E-state index < -0.39 is 5.25 Å². The van der Waals surface area contributed by atoms with E-state index in [0.29, 0.717) is 23.0 Å². The Kier molecular flexibility index (Phi) is 7.46. The van der Waals surface area contributed by atoms with E-state index in [-0.39, 0.29) is 24.3 Å². The van der Waals surface area contributed by atoms with Crippen LogP contribution in [0.1, 0.15) is 35.6 Å². The van der Waals surface area contributed by atoms with Crippen LogP contribution in [0.25, 0.3) is 0 Å². The van der Waals surface area contributed by atoms with Gasteiger partial charge in [0.15, 0.2) is 5.17 Å². The minimum absolute atomic E-state index is 0.0145. The lowest BCUT2D eigenvalue weighted by atomic mass is 9.98. The van der Waals surface area contributed by atoms with Gasteiger partial charge in [-0.1, -0.05) is 41.6 Å². The largest absolute Gasteiger partial charge is 0.497 e. The summed E-state index contributed by atoms with van der Waals surface area (Å²) in [7, 11) is 3.22. The highest BCUT2D eigenvalue weighted by molar-refractivity contribution is 8.15. The number of thioether (sulfide) groups is 1. The van der Waals surface area contributed by atoms with Gasteiger partial charge in [0, 0.05) is 18.5 Å². The van der Waals surface area contributed by atoms with Gasteiger partial charge in [-0.15, -0.1) is 0 Å². The van der Waals surface area contributed by atoms with Crippen molar-refractivity contribution in [3.8, 4) is 11.5 Å². The van der Waals surface area contributed by atoms with E-state index in [1.165, 1.54) is 17.3 Å². The molecule has 2 aliphatic rings. The number of carbonyl (C=O) groups excluding carboxylic acids is 2. The van der Waals surface area contributed by atoms with Crippen molar-refractivity contribution in [2.45, 2.75) is 31.1 Å². The molecule has 2 atom stereocenters. The number of hydrogen-bond acceptors (Lipinski definition) is 7. The molecule has 0 fully saturated rings. The molecule has 0 bridgehead atoms. The van der Waals surface area contributed by atoms with Crippen LogP contribution in [0.2, 0.25) is 0 Å². The van der Waals surface area contributed by atoms with Crippen molar-refractivity contribution in [3.05, 3.63) is 89.5 Å². The van der Waals surface area contributed by atoms with Crippen molar-refractivity contribution in [3.63, 3.8) is 0 Å². The minimum Gasteiger partial charge on any atom is -0.497 e. The van der Waals surface area contributed by atoms with Crippen LogP contribution in [0.5, 0.6) is 11.5 Å². The maximum atomic E-state index is 12.8. The molecule has 2 amide bonds. The maximum absolute atomic E-state index is 12.8. The maximum Gasteiger partial charge on any atom is 0.262 e. The molecule has 0 saturated heterocycles. The molecular formula is C29H28N4O4S. The van der Waals surface area contributed by atoms with Gasteiger partial charge in [0.25, 0.3) is 5.91 Å². The van der Waals surface area contributed by atoms with E-state index in [1.54, 1.807) is 38.5 Å². The first-order chi connectivity index (χ1) is 18.4. The van der Waals surface area contributed by atoms with Crippen LogP contribution >= 0.6 is 11.8 Å².